The molecule has 1 amide bonds. The van der Waals surface area contributed by atoms with Crippen molar-refractivity contribution in [3.8, 4) is 0 Å². The molecule has 0 aliphatic carbocycles. The SMILES string of the molecule is CCCNc1cccc(N(CCC)CC(=O)N(C)C)n1. The molecule has 0 bridgehead atoms. The van der Waals surface area contributed by atoms with Gasteiger partial charge in [-0.25, -0.2) is 4.98 Å². The van der Waals surface area contributed by atoms with Gasteiger partial charge in [0.2, 0.25) is 5.91 Å². The average Bonchev–Trinajstić information content (AvgIpc) is 2.44. The van der Waals surface area contributed by atoms with E-state index in [1.54, 1.807) is 19.0 Å². The Bertz CT molecular complexity index is 420. The second kappa shape index (κ2) is 8.40. The number of likely N-dealkylation sites (N-methyl/N-ethyl adjacent to an activating group) is 1. The number of hydrogen-bond acceptors (Lipinski definition) is 4. The molecule has 0 spiro atoms. The number of nitrogens with zero attached hydrogens (tertiary/aromatic N) is 3. The smallest absolute Gasteiger partial charge is 0.241 e. The highest BCUT2D eigenvalue weighted by atomic mass is 16.2. The molecule has 0 atom stereocenters. The summed E-state index contributed by atoms with van der Waals surface area (Å²) < 4.78 is 0. The zero-order valence-electron chi connectivity index (χ0n) is 13.0. The highest BCUT2D eigenvalue weighted by Crippen LogP contribution is 2.15. The molecule has 5 heteroatoms. The first-order chi connectivity index (χ1) is 9.58. The van der Waals surface area contributed by atoms with Crippen LogP contribution in [-0.4, -0.2) is 49.5 Å². The topological polar surface area (TPSA) is 48.5 Å². The molecule has 0 unspecified atom stereocenters. The van der Waals surface area contributed by atoms with Crippen LogP contribution in [0.2, 0.25) is 0 Å². The lowest BCUT2D eigenvalue weighted by atomic mass is 10.3. The number of aromatic nitrogens is 1. The number of pyridine rings is 1. The van der Waals surface area contributed by atoms with Gasteiger partial charge in [0, 0.05) is 27.2 Å². The molecule has 1 rings (SSSR count). The van der Waals surface area contributed by atoms with Gasteiger partial charge in [-0.15, -0.1) is 0 Å². The van der Waals surface area contributed by atoms with Gasteiger partial charge >= 0.3 is 0 Å². The standard InChI is InChI=1S/C15H26N4O/c1-5-10-16-13-8-7-9-14(17-13)19(11-6-2)12-15(20)18(3)4/h7-9H,5-6,10-12H2,1-4H3,(H,16,17). The van der Waals surface area contributed by atoms with Crippen LogP contribution in [0, 0.1) is 0 Å². The lowest BCUT2D eigenvalue weighted by Gasteiger charge is -2.24. The van der Waals surface area contributed by atoms with Crippen molar-refractivity contribution in [1.82, 2.24) is 9.88 Å². The van der Waals surface area contributed by atoms with Crippen LogP contribution >= 0.6 is 0 Å². The van der Waals surface area contributed by atoms with Gasteiger partial charge in [0.15, 0.2) is 0 Å². The van der Waals surface area contributed by atoms with Crippen molar-refractivity contribution in [2.45, 2.75) is 26.7 Å². The summed E-state index contributed by atoms with van der Waals surface area (Å²) in [5.41, 5.74) is 0. The third kappa shape index (κ3) is 5.07. The Morgan fingerprint density at radius 2 is 2.00 bits per heavy atom. The Labute approximate surface area is 122 Å². The number of hydrogen-bond donors (Lipinski definition) is 1. The monoisotopic (exact) mass is 278 g/mol. The quantitative estimate of drug-likeness (QED) is 0.792. The molecule has 0 radical (unpaired) electrons. The van der Waals surface area contributed by atoms with Crippen LogP contribution in [0.5, 0.6) is 0 Å². The van der Waals surface area contributed by atoms with Gasteiger partial charge in [-0.3, -0.25) is 4.79 Å². The van der Waals surface area contributed by atoms with Crippen molar-refractivity contribution in [2.75, 3.05) is 43.9 Å². The maximum Gasteiger partial charge on any atom is 0.241 e. The van der Waals surface area contributed by atoms with Crippen LogP contribution in [0.4, 0.5) is 11.6 Å². The Balaban J connectivity index is 2.82. The first kappa shape index (κ1) is 16.3. The van der Waals surface area contributed by atoms with Crippen LogP contribution in [0.15, 0.2) is 18.2 Å². The molecule has 20 heavy (non-hydrogen) atoms. The summed E-state index contributed by atoms with van der Waals surface area (Å²) in [4.78, 5) is 20.1. The van der Waals surface area contributed by atoms with E-state index in [0.717, 1.165) is 37.6 Å². The molecule has 1 N–H and O–H groups in total. The molecule has 1 aromatic heterocycles. The molecular weight excluding hydrogens is 252 g/mol. The zero-order chi connectivity index (χ0) is 15.0. The van der Waals surface area contributed by atoms with E-state index < -0.39 is 0 Å². The minimum Gasteiger partial charge on any atom is -0.370 e. The molecule has 0 aliphatic rings. The Morgan fingerprint density at radius 3 is 2.60 bits per heavy atom. The Morgan fingerprint density at radius 1 is 1.25 bits per heavy atom. The van der Waals surface area contributed by atoms with E-state index in [-0.39, 0.29) is 5.91 Å². The van der Waals surface area contributed by atoms with E-state index in [0.29, 0.717) is 6.54 Å². The van der Waals surface area contributed by atoms with E-state index in [1.807, 2.05) is 23.1 Å². The summed E-state index contributed by atoms with van der Waals surface area (Å²) in [6.45, 7) is 6.32. The molecular formula is C15H26N4O. The second-order valence-electron chi connectivity index (χ2n) is 5.02. The van der Waals surface area contributed by atoms with Gasteiger partial charge in [-0.2, -0.15) is 0 Å². The first-order valence-corrected chi connectivity index (χ1v) is 7.24. The number of carbonyl (C=O) groups is 1. The van der Waals surface area contributed by atoms with Gasteiger partial charge in [0.25, 0.3) is 0 Å². The van der Waals surface area contributed by atoms with E-state index in [1.165, 1.54) is 0 Å². The third-order valence-electron chi connectivity index (χ3n) is 2.93. The van der Waals surface area contributed by atoms with Crippen molar-refractivity contribution in [1.29, 1.82) is 0 Å². The summed E-state index contributed by atoms with van der Waals surface area (Å²) in [7, 11) is 3.55. The number of anilines is 2. The Hall–Kier alpha value is -1.78. The lowest BCUT2D eigenvalue weighted by Crippen LogP contribution is -2.37. The predicted molar refractivity (Wildman–Crippen MR) is 84.2 cm³/mol. The van der Waals surface area contributed by atoms with Gasteiger partial charge in [-0.05, 0) is 25.0 Å². The van der Waals surface area contributed by atoms with Crippen molar-refractivity contribution in [3.05, 3.63) is 18.2 Å². The number of amides is 1. The Kier molecular flexibility index (Phi) is 6.84. The van der Waals surface area contributed by atoms with Crippen molar-refractivity contribution < 1.29 is 4.79 Å². The van der Waals surface area contributed by atoms with Crippen molar-refractivity contribution in [2.24, 2.45) is 0 Å². The summed E-state index contributed by atoms with van der Waals surface area (Å²) in [6, 6.07) is 5.88. The average molecular weight is 278 g/mol. The van der Waals surface area contributed by atoms with Gasteiger partial charge in [-0.1, -0.05) is 19.9 Å². The zero-order valence-corrected chi connectivity index (χ0v) is 13.0. The third-order valence-corrected chi connectivity index (χ3v) is 2.93. The summed E-state index contributed by atoms with van der Waals surface area (Å²) in [6.07, 6.45) is 2.04. The van der Waals surface area contributed by atoms with E-state index >= 15 is 0 Å². The van der Waals surface area contributed by atoms with Crippen LogP contribution in [0.25, 0.3) is 0 Å². The summed E-state index contributed by atoms with van der Waals surface area (Å²) >= 11 is 0. The first-order valence-electron chi connectivity index (χ1n) is 7.24. The summed E-state index contributed by atoms with van der Waals surface area (Å²) in [5, 5.41) is 3.27. The molecule has 0 saturated carbocycles. The van der Waals surface area contributed by atoms with E-state index in [9.17, 15) is 4.79 Å². The molecule has 0 saturated heterocycles. The fourth-order valence-electron chi connectivity index (χ4n) is 1.80. The van der Waals surface area contributed by atoms with Crippen LogP contribution in [0.1, 0.15) is 26.7 Å². The fraction of sp³-hybridized carbons (Fsp3) is 0.600. The van der Waals surface area contributed by atoms with Gasteiger partial charge in [0.1, 0.15) is 11.6 Å². The van der Waals surface area contributed by atoms with Crippen LogP contribution < -0.4 is 10.2 Å². The number of carbonyl (C=O) groups excluding carboxylic acids is 1. The van der Waals surface area contributed by atoms with Gasteiger partial charge < -0.3 is 15.1 Å². The number of rotatable bonds is 8. The maximum absolute atomic E-state index is 11.9. The molecule has 0 fully saturated rings. The minimum absolute atomic E-state index is 0.0900. The maximum atomic E-state index is 11.9. The molecule has 0 aliphatic heterocycles. The van der Waals surface area contributed by atoms with E-state index in [4.69, 9.17) is 0 Å². The fourth-order valence-corrected chi connectivity index (χ4v) is 1.80. The molecule has 1 heterocycles. The molecule has 112 valence electrons. The summed E-state index contributed by atoms with van der Waals surface area (Å²) in [5.74, 6) is 1.80. The van der Waals surface area contributed by atoms with Crippen molar-refractivity contribution >= 4 is 17.5 Å². The normalized spacial score (nSPS) is 10.2. The second-order valence-corrected chi connectivity index (χ2v) is 5.02. The van der Waals surface area contributed by atoms with E-state index in [2.05, 4.69) is 24.1 Å². The molecule has 0 aromatic carbocycles. The molecule has 5 nitrogen and oxygen atoms in total. The molecule has 1 aromatic rings. The van der Waals surface area contributed by atoms with Crippen molar-refractivity contribution in [3.63, 3.8) is 0 Å². The van der Waals surface area contributed by atoms with Crippen LogP contribution in [0.3, 0.4) is 0 Å². The van der Waals surface area contributed by atoms with Crippen LogP contribution in [-0.2, 0) is 4.79 Å². The largest absolute Gasteiger partial charge is 0.370 e. The predicted octanol–water partition coefficient (Wildman–Crippen LogP) is 2.21. The highest BCUT2D eigenvalue weighted by molar-refractivity contribution is 5.80. The number of nitrogens with one attached hydrogen (secondary N) is 1. The van der Waals surface area contributed by atoms with Gasteiger partial charge in [0.05, 0.1) is 6.54 Å². The minimum atomic E-state index is 0.0900. The highest BCUT2D eigenvalue weighted by Gasteiger charge is 2.13. The lowest BCUT2D eigenvalue weighted by molar-refractivity contribution is -0.127.